The molecule has 0 aliphatic carbocycles. The number of carbonyl (C=O) groups is 2. The number of fused-ring (bicyclic) bond motifs is 1. The van der Waals surface area contributed by atoms with Crippen LogP contribution in [-0.2, 0) is 27.4 Å². The van der Waals surface area contributed by atoms with E-state index in [0.29, 0.717) is 29.2 Å². The topological polar surface area (TPSA) is 199 Å². The number of para-hydroxylation sites is 1. The SMILES string of the molecule is CCOc1nc2cccc(C(=O)OCOC(=O)OCc3no[n+]([O-])c3C)c2n1Cc1ccc(-c2ccccc2-c2noc(=O)[n-]2)cc1.[K+]. The second-order valence-electron chi connectivity index (χ2n) is 9.91. The Labute approximate surface area is 313 Å². The van der Waals surface area contributed by atoms with E-state index in [-0.39, 0.29) is 92.2 Å². The first-order valence-electron chi connectivity index (χ1n) is 14.2. The zero-order chi connectivity index (χ0) is 32.9. The van der Waals surface area contributed by atoms with E-state index in [4.69, 9.17) is 18.9 Å². The summed E-state index contributed by atoms with van der Waals surface area (Å²) in [4.78, 5) is 45.2. The minimum atomic E-state index is -1.14. The van der Waals surface area contributed by atoms with Gasteiger partial charge in [0.15, 0.2) is 12.3 Å². The molecule has 240 valence electrons. The fourth-order valence-electron chi connectivity index (χ4n) is 4.76. The van der Waals surface area contributed by atoms with Crippen LogP contribution in [0.1, 0.15) is 34.2 Å². The second-order valence-corrected chi connectivity index (χ2v) is 9.91. The Morgan fingerprint density at radius 2 is 1.75 bits per heavy atom. The minimum Gasteiger partial charge on any atom is -0.465 e. The number of esters is 1. The van der Waals surface area contributed by atoms with Gasteiger partial charge in [-0.1, -0.05) is 54.6 Å². The number of imidazole rings is 1. The minimum absolute atomic E-state index is 0. The van der Waals surface area contributed by atoms with E-state index < -0.39 is 24.7 Å². The zero-order valence-corrected chi connectivity index (χ0v) is 29.1. The maximum Gasteiger partial charge on any atom is 1.00 e. The third-order valence-electron chi connectivity index (χ3n) is 7.02. The maximum atomic E-state index is 13.2. The molecule has 0 N–H and O–H groups in total. The summed E-state index contributed by atoms with van der Waals surface area (Å²) in [5.74, 6) is -1.35. The van der Waals surface area contributed by atoms with Crippen LogP contribution in [-0.4, -0.2) is 45.4 Å². The molecule has 16 nitrogen and oxygen atoms in total. The molecular weight excluding hydrogens is 655 g/mol. The summed E-state index contributed by atoms with van der Waals surface area (Å²) >= 11 is 0. The van der Waals surface area contributed by atoms with E-state index in [1.807, 2.05) is 49.4 Å². The molecule has 0 fully saturated rings. The second kappa shape index (κ2) is 15.4. The molecule has 0 amide bonds. The molecule has 17 heteroatoms. The summed E-state index contributed by atoms with van der Waals surface area (Å²) < 4.78 is 31.5. The first-order chi connectivity index (χ1) is 22.8. The number of benzene rings is 3. The van der Waals surface area contributed by atoms with Gasteiger partial charge >= 0.3 is 69.3 Å². The average Bonchev–Trinajstić information content (AvgIpc) is 3.77. The summed E-state index contributed by atoms with van der Waals surface area (Å²) in [7, 11) is 0. The van der Waals surface area contributed by atoms with Crippen LogP contribution < -0.4 is 71.8 Å². The third kappa shape index (κ3) is 7.50. The molecule has 0 spiro atoms. The number of rotatable bonds is 11. The van der Waals surface area contributed by atoms with Gasteiger partial charge < -0.3 is 33.7 Å². The molecule has 0 bridgehead atoms. The van der Waals surface area contributed by atoms with E-state index in [0.717, 1.165) is 16.7 Å². The molecule has 3 aromatic heterocycles. The molecule has 3 heterocycles. The molecule has 0 atom stereocenters. The summed E-state index contributed by atoms with van der Waals surface area (Å²) in [6.07, 6.45) is -1.14. The quantitative estimate of drug-likeness (QED) is 0.0794. The van der Waals surface area contributed by atoms with Crippen molar-refractivity contribution in [2.24, 2.45) is 0 Å². The Hall–Kier alpha value is -4.81. The molecule has 0 unspecified atom stereocenters. The van der Waals surface area contributed by atoms with Gasteiger partial charge in [-0.3, -0.25) is 14.4 Å². The molecule has 48 heavy (non-hydrogen) atoms. The molecule has 6 aromatic rings. The molecule has 6 rings (SSSR count). The van der Waals surface area contributed by atoms with Crippen molar-refractivity contribution in [1.82, 2.24) is 24.8 Å². The smallest absolute Gasteiger partial charge is 0.465 e. The van der Waals surface area contributed by atoms with Gasteiger partial charge in [-0.2, -0.15) is 4.98 Å². The predicted molar refractivity (Wildman–Crippen MR) is 159 cm³/mol. The Balaban J connectivity index is 0.00000451. The van der Waals surface area contributed by atoms with Gasteiger partial charge in [-0.05, 0) is 52.0 Å². The van der Waals surface area contributed by atoms with Crippen LogP contribution in [0.2, 0.25) is 0 Å². The van der Waals surface area contributed by atoms with E-state index in [9.17, 15) is 19.6 Å². The predicted octanol–water partition coefficient (Wildman–Crippen LogP) is 0.524. The summed E-state index contributed by atoms with van der Waals surface area (Å²) in [6, 6.07) is 20.3. The number of nitrogens with zero attached hydrogens (tertiary/aromatic N) is 6. The number of hydrogen-bond donors (Lipinski definition) is 0. The van der Waals surface area contributed by atoms with Gasteiger partial charge in [0, 0.05) is 12.1 Å². The maximum absolute atomic E-state index is 13.2. The molecule has 0 aliphatic rings. The molecule has 0 aliphatic heterocycles. The summed E-state index contributed by atoms with van der Waals surface area (Å²) in [6.45, 7) is 2.78. The Kier molecular flexibility index (Phi) is 11.1. The van der Waals surface area contributed by atoms with Crippen molar-refractivity contribution < 1.29 is 94.0 Å². The fraction of sp³-hybridized carbons (Fsp3) is 0.194. The van der Waals surface area contributed by atoms with Crippen molar-refractivity contribution >= 4 is 23.2 Å². The van der Waals surface area contributed by atoms with Crippen LogP contribution in [0.25, 0.3) is 33.5 Å². The van der Waals surface area contributed by atoms with Crippen LogP contribution in [0.15, 0.2) is 80.7 Å². The van der Waals surface area contributed by atoms with Crippen molar-refractivity contribution in [2.45, 2.75) is 27.0 Å². The molecule has 0 saturated carbocycles. The number of aromatic nitrogens is 6. The molecule has 3 aromatic carbocycles. The normalized spacial score (nSPS) is 10.8. The van der Waals surface area contributed by atoms with E-state index in [1.165, 1.54) is 6.92 Å². The van der Waals surface area contributed by atoms with Crippen LogP contribution in [0.4, 0.5) is 4.79 Å². The number of carbonyl (C=O) groups excluding carboxylic acids is 2. The Morgan fingerprint density at radius 3 is 2.44 bits per heavy atom. The average molecular weight is 681 g/mol. The monoisotopic (exact) mass is 680 g/mol. The van der Waals surface area contributed by atoms with E-state index in [2.05, 4.69) is 29.4 Å². The Bertz CT molecular complexity index is 2120. The molecule has 0 radical (unpaired) electrons. The summed E-state index contributed by atoms with van der Waals surface area (Å²) in [5.41, 5.74) is 4.53. The molecule has 0 saturated heterocycles. The number of ether oxygens (including phenoxy) is 4. The first-order valence-corrected chi connectivity index (χ1v) is 14.2. The Morgan fingerprint density at radius 1 is 0.979 bits per heavy atom. The van der Waals surface area contributed by atoms with Gasteiger partial charge in [0.05, 0.1) is 29.7 Å². The zero-order valence-electron chi connectivity index (χ0n) is 25.9. The van der Waals surface area contributed by atoms with Crippen LogP contribution >= 0.6 is 0 Å². The van der Waals surface area contributed by atoms with Gasteiger partial charge in [-0.15, -0.1) is 0 Å². The van der Waals surface area contributed by atoms with E-state index in [1.54, 1.807) is 28.8 Å². The third-order valence-corrected chi connectivity index (χ3v) is 7.02. The van der Waals surface area contributed by atoms with Crippen LogP contribution in [0.5, 0.6) is 6.01 Å². The number of hydrogen-bond acceptors (Lipinski definition) is 13. The van der Waals surface area contributed by atoms with Crippen molar-refractivity contribution in [3.05, 3.63) is 105 Å². The van der Waals surface area contributed by atoms with Gasteiger partial charge in [-0.25, -0.2) is 14.4 Å². The van der Waals surface area contributed by atoms with Gasteiger partial charge in [0.25, 0.3) is 11.7 Å². The van der Waals surface area contributed by atoms with E-state index >= 15 is 0 Å². The summed E-state index contributed by atoms with van der Waals surface area (Å²) in [5, 5.41) is 18.5. The largest absolute Gasteiger partial charge is 1.00 e. The van der Waals surface area contributed by atoms with Gasteiger partial charge in [0.2, 0.25) is 6.79 Å². The fourth-order valence-corrected chi connectivity index (χ4v) is 4.76. The van der Waals surface area contributed by atoms with Crippen LogP contribution in [0, 0.1) is 12.1 Å². The van der Waals surface area contributed by atoms with Crippen molar-refractivity contribution in [3.8, 4) is 28.5 Å². The van der Waals surface area contributed by atoms with Crippen molar-refractivity contribution in [3.63, 3.8) is 0 Å². The van der Waals surface area contributed by atoms with Crippen LogP contribution in [0.3, 0.4) is 0 Å². The van der Waals surface area contributed by atoms with Crippen molar-refractivity contribution in [2.75, 3.05) is 13.4 Å². The van der Waals surface area contributed by atoms with Crippen molar-refractivity contribution in [1.29, 1.82) is 0 Å². The van der Waals surface area contributed by atoms with Gasteiger partial charge in [0.1, 0.15) is 0 Å². The first kappa shape index (κ1) is 34.5. The standard InChI is InChI=1S/C31H26N6O10.K/c1-3-42-29-32-24-10-6-9-23(28(38)44-17-45-31(40)43-16-25-18(2)37(41)47-34-25)26(24)36(29)15-19-11-13-20(14-12-19)21-7-4-5-8-22(21)27-33-30(39)46-35-27;/h4-14H,3,15-17H2,1-2H3,(H,33,35,39);/q;+1/p-1. The molecular formula is C31H25KN6O10.